The van der Waals surface area contributed by atoms with E-state index in [0.717, 1.165) is 80.2 Å². The molecule has 2 aliphatic heterocycles. The second-order valence-corrected chi connectivity index (χ2v) is 14.0. The zero-order valence-electron chi connectivity index (χ0n) is 28.1. The molecule has 2 aromatic heterocycles. The van der Waals surface area contributed by atoms with Crippen molar-refractivity contribution >= 4 is 11.6 Å². The highest BCUT2D eigenvalue weighted by atomic mass is 35.5. The van der Waals surface area contributed by atoms with Gasteiger partial charge in [0.15, 0.2) is 0 Å². The van der Waals surface area contributed by atoms with Crippen LogP contribution in [0.2, 0.25) is 5.02 Å². The van der Waals surface area contributed by atoms with Gasteiger partial charge in [-0.05, 0) is 60.9 Å². The number of aryl methyl sites for hydroxylation is 2. The zero-order chi connectivity index (χ0) is 33.1. The quantitative estimate of drug-likeness (QED) is 0.180. The van der Waals surface area contributed by atoms with Crippen molar-refractivity contribution in [3.05, 3.63) is 81.6 Å². The van der Waals surface area contributed by atoms with E-state index in [-0.39, 0.29) is 18.0 Å². The van der Waals surface area contributed by atoms with Gasteiger partial charge in [0.05, 0.1) is 36.7 Å². The van der Waals surface area contributed by atoms with Gasteiger partial charge >= 0.3 is 0 Å². The van der Waals surface area contributed by atoms with Gasteiger partial charge in [0.2, 0.25) is 11.8 Å². The zero-order valence-corrected chi connectivity index (χ0v) is 28.8. The lowest BCUT2D eigenvalue weighted by Gasteiger charge is -2.43. The normalized spacial score (nSPS) is 21.1. The van der Waals surface area contributed by atoms with Gasteiger partial charge in [-0.1, -0.05) is 55.3 Å². The lowest BCUT2D eigenvalue weighted by atomic mass is 9.93. The summed E-state index contributed by atoms with van der Waals surface area (Å²) >= 11 is 7.14. The number of hydrogen-bond donors (Lipinski definition) is 0. The molecule has 0 amide bonds. The van der Waals surface area contributed by atoms with E-state index in [4.69, 9.17) is 35.8 Å². The van der Waals surface area contributed by atoms with Crippen LogP contribution in [0.1, 0.15) is 60.5 Å². The number of hydrogen-bond acceptors (Lipinski definition) is 7. The third kappa shape index (κ3) is 5.20. The molecule has 9 heteroatoms. The molecule has 0 spiro atoms. The maximum absolute atomic E-state index is 16.6. The summed E-state index contributed by atoms with van der Waals surface area (Å²) in [6, 6.07) is 15.9. The number of rotatable bonds is 9. The molecule has 4 aliphatic rings. The van der Waals surface area contributed by atoms with Crippen LogP contribution in [0, 0.1) is 11.7 Å². The summed E-state index contributed by atoms with van der Waals surface area (Å²) in [4.78, 5) is 14.8. The summed E-state index contributed by atoms with van der Waals surface area (Å²) in [6.45, 7) is 6.32. The summed E-state index contributed by atoms with van der Waals surface area (Å²) in [6.07, 6.45) is 5.40. The number of benzene rings is 2. The number of aromatic nitrogens is 2. The lowest BCUT2D eigenvalue weighted by molar-refractivity contribution is -0.0514. The van der Waals surface area contributed by atoms with Gasteiger partial charge in [-0.3, -0.25) is 9.80 Å². The Hall–Kier alpha value is -3.56. The minimum absolute atomic E-state index is 0.238. The van der Waals surface area contributed by atoms with Crippen molar-refractivity contribution in [3.63, 3.8) is 0 Å². The van der Waals surface area contributed by atoms with Crippen LogP contribution in [0.15, 0.2) is 48.5 Å². The first kappa shape index (κ1) is 31.7. The number of ether oxygens (including phenoxy) is 3. The Morgan fingerprint density at radius 2 is 1.27 bits per heavy atom. The molecule has 2 atom stereocenters. The molecular formula is C39H42ClFN4O3. The van der Waals surface area contributed by atoms with Gasteiger partial charge in [-0.15, -0.1) is 0 Å². The molecular weight excluding hydrogens is 627 g/mol. The molecule has 0 radical (unpaired) electrons. The van der Waals surface area contributed by atoms with Crippen LogP contribution in [0.5, 0.6) is 11.8 Å². The van der Waals surface area contributed by atoms with Crippen molar-refractivity contribution in [2.45, 2.75) is 57.2 Å². The molecule has 2 aliphatic carbocycles. The highest BCUT2D eigenvalue weighted by Gasteiger charge is 2.40. The standard InChI is InChI=1S/C39H42ClFN4O3/c1-5-22-18-44(19-22)32-14-12-23-16-30(42-38(47-3)34(23)32)28-10-6-8-26(36(28)40)27-9-7-11-29(37(27)41)31-17-24-13-15-33(35(24)39(43-31)48-4)45-20-25(21-45)46-2/h6-11,16-17,22,25,32-33H,5,12-15,18-21H2,1-4H3. The Bertz CT molecular complexity index is 1740. The molecule has 8 rings (SSSR count). The summed E-state index contributed by atoms with van der Waals surface area (Å²) in [7, 11) is 5.09. The van der Waals surface area contributed by atoms with Gasteiger partial charge < -0.3 is 14.2 Å². The van der Waals surface area contributed by atoms with Crippen molar-refractivity contribution in [1.29, 1.82) is 0 Å². The smallest absolute Gasteiger partial charge is 0.218 e. The number of halogens is 2. The molecule has 2 fully saturated rings. The van der Waals surface area contributed by atoms with Gasteiger partial charge in [0.1, 0.15) is 5.82 Å². The van der Waals surface area contributed by atoms with Crippen LogP contribution in [-0.2, 0) is 17.6 Å². The van der Waals surface area contributed by atoms with E-state index >= 15 is 4.39 Å². The van der Waals surface area contributed by atoms with Crippen LogP contribution >= 0.6 is 11.6 Å². The van der Waals surface area contributed by atoms with Crippen molar-refractivity contribution in [3.8, 4) is 45.4 Å². The molecule has 7 nitrogen and oxygen atoms in total. The Labute approximate surface area is 287 Å². The maximum Gasteiger partial charge on any atom is 0.218 e. The highest BCUT2D eigenvalue weighted by Crippen LogP contribution is 2.48. The first-order valence-electron chi connectivity index (χ1n) is 17.2. The van der Waals surface area contributed by atoms with Gasteiger partial charge in [0, 0.05) is 78.8 Å². The predicted molar refractivity (Wildman–Crippen MR) is 186 cm³/mol. The molecule has 4 aromatic rings. The summed E-state index contributed by atoms with van der Waals surface area (Å²) in [5, 5.41) is 0.456. The third-order valence-electron chi connectivity index (χ3n) is 11.1. The molecule has 0 N–H and O–H groups in total. The summed E-state index contributed by atoms with van der Waals surface area (Å²) < 4.78 is 33.8. The SMILES string of the molecule is CCC1CN(C2CCc3cc(-c4cccc(-c5cccc(-c6cc7c(c(OC)n6)C(N6CC(OC)C6)CC7)c5F)c4Cl)nc(OC)c32)C1. The van der Waals surface area contributed by atoms with E-state index in [1.807, 2.05) is 30.3 Å². The number of methoxy groups -OCH3 is 3. The average Bonchev–Trinajstić information content (AvgIpc) is 3.68. The Morgan fingerprint density at radius 1 is 0.750 bits per heavy atom. The molecule has 2 saturated heterocycles. The second-order valence-electron chi connectivity index (χ2n) is 13.7. The minimum atomic E-state index is -0.367. The second kappa shape index (κ2) is 12.7. The van der Waals surface area contributed by atoms with Gasteiger partial charge in [0.25, 0.3) is 0 Å². The van der Waals surface area contributed by atoms with Crippen molar-refractivity contribution in [2.24, 2.45) is 5.92 Å². The summed E-state index contributed by atoms with van der Waals surface area (Å²) in [5.74, 6) is 1.63. The maximum atomic E-state index is 16.6. The molecule has 2 aromatic carbocycles. The molecule has 0 bridgehead atoms. The fourth-order valence-corrected chi connectivity index (χ4v) is 8.68. The van der Waals surface area contributed by atoms with Crippen LogP contribution in [-0.4, -0.2) is 73.4 Å². The van der Waals surface area contributed by atoms with Crippen LogP contribution < -0.4 is 9.47 Å². The average molecular weight is 669 g/mol. The number of likely N-dealkylation sites (tertiary alicyclic amines) is 2. The molecule has 4 heterocycles. The van der Waals surface area contributed by atoms with Crippen molar-refractivity contribution in [2.75, 3.05) is 47.5 Å². The van der Waals surface area contributed by atoms with Crippen molar-refractivity contribution in [1.82, 2.24) is 19.8 Å². The fraction of sp³-hybridized carbons (Fsp3) is 0.436. The largest absolute Gasteiger partial charge is 0.481 e. The molecule has 48 heavy (non-hydrogen) atoms. The monoisotopic (exact) mass is 668 g/mol. The number of nitrogens with zero attached hydrogens (tertiary/aromatic N) is 4. The fourth-order valence-electron chi connectivity index (χ4n) is 8.35. The van der Waals surface area contributed by atoms with E-state index < -0.39 is 0 Å². The minimum Gasteiger partial charge on any atom is -0.481 e. The van der Waals surface area contributed by atoms with Crippen LogP contribution in [0.4, 0.5) is 4.39 Å². The molecule has 0 saturated carbocycles. The van der Waals surface area contributed by atoms with Gasteiger partial charge in [-0.25, -0.2) is 14.4 Å². The number of pyridine rings is 2. The lowest BCUT2D eigenvalue weighted by Crippen LogP contribution is -2.52. The Morgan fingerprint density at radius 3 is 1.83 bits per heavy atom. The molecule has 2 unspecified atom stereocenters. The van der Waals surface area contributed by atoms with E-state index in [1.54, 1.807) is 33.5 Å². The Balaban J connectivity index is 1.12. The first-order chi connectivity index (χ1) is 23.4. The van der Waals surface area contributed by atoms with Crippen molar-refractivity contribution < 1.29 is 18.6 Å². The van der Waals surface area contributed by atoms with Crippen LogP contribution in [0.3, 0.4) is 0 Å². The molecule has 250 valence electrons. The first-order valence-corrected chi connectivity index (χ1v) is 17.5. The topological polar surface area (TPSA) is 60.0 Å². The van der Waals surface area contributed by atoms with E-state index in [1.165, 1.54) is 17.5 Å². The van der Waals surface area contributed by atoms with E-state index in [2.05, 4.69) is 22.8 Å². The third-order valence-corrected chi connectivity index (χ3v) is 11.5. The number of fused-ring (bicyclic) bond motifs is 2. The van der Waals surface area contributed by atoms with E-state index in [0.29, 0.717) is 45.2 Å². The highest BCUT2D eigenvalue weighted by molar-refractivity contribution is 6.36. The van der Waals surface area contributed by atoms with Crippen LogP contribution in [0.25, 0.3) is 33.6 Å². The predicted octanol–water partition coefficient (Wildman–Crippen LogP) is 7.93. The van der Waals surface area contributed by atoms with E-state index in [9.17, 15) is 0 Å². The van der Waals surface area contributed by atoms with Gasteiger partial charge in [-0.2, -0.15) is 0 Å². The Kier molecular flexibility index (Phi) is 8.40. The summed E-state index contributed by atoms with van der Waals surface area (Å²) in [5.41, 5.74) is 8.22.